The summed E-state index contributed by atoms with van der Waals surface area (Å²) in [5, 5.41) is 23.0. The van der Waals surface area contributed by atoms with E-state index in [1.54, 1.807) is 45.9 Å². The molecule has 4 saturated carbocycles. The molecule has 4 aliphatic rings. The predicted molar refractivity (Wildman–Crippen MR) is 164 cm³/mol. The first-order valence-corrected chi connectivity index (χ1v) is 16.2. The summed E-state index contributed by atoms with van der Waals surface area (Å²) in [5.41, 5.74) is -6.71. The number of fused-ring (bicyclic) bond motifs is 5. The third-order valence-electron chi connectivity index (χ3n) is 11.1. The zero-order valence-corrected chi connectivity index (χ0v) is 28.2. The fourth-order valence-electron chi connectivity index (χ4n) is 9.62. The van der Waals surface area contributed by atoms with E-state index in [4.69, 9.17) is 23.7 Å². The number of aliphatic hydroxyl groups is 2. The van der Waals surface area contributed by atoms with Gasteiger partial charge in [-0.25, -0.2) is 9.59 Å². The third-order valence-corrected chi connectivity index (χ3v) is 11.1. The van der Waals surface area contributed by atoms with Crippen LogP contribution in [0.1, 0.15) is 78.1 Å². The highest BCUT2D eigenvalue weighted by Gasteiger charge is 2.82. The molecule has 13 nitrogen and oxygen atoms in total. The second-order valence-corrected chi connectivity index (χ2v) is 14.8. The first kappa shape index (κ1) is 35.5. The molecule has 0 aromatic heterocycles. The molecule has 2 bridgehead atoms. The second kappa shape index (κ2) is 12.2. The molecule has 48 heavy (non-hydrogen) atoms. The zero-order valence-electron chi connectivity index (χ0n) is 28.2. The molecular weight excluding hydrogens is 628 g/mol. The van der Waals surface area contributed by atoms with E-state index in [9.17, 15) is 39.0 Å². The van der Waals surface area contributed by atoms with Gasteiger partial charge in [0.05, 0.1) is 16.9 Å². The molecular formula is C35H44O13. The lowest BCUT2D eigenvalue weighted by molar-refractivity contribution is -0.269. The lowest BCUT2D eigenvalue weighted by Gasteiger charge is -2.58. The van der Waals surface area contributed by atoms with Gasteiger partial charge in [0, 0.05) is 38.5 Å². The van der Waals surface area contributed by atoms with Crippen LogP contribution in [0.15, 0.2) is 30.3 Å². The highest BCUT2D eigenvalue weighted by atomic mass is 16.6. The minimum Gasteiger partial charge on any atom is -0.459 e. The van der Waals surface area contributed by atoms with Crippen molar-refractivity contribution in [1.82, 2.24) is 0 Å². The number of carbonyl (C=O) groups excluding carboxylic acids is 6. The van der Waals surface area contributed by atoms with Crippen molar-refractivity contribution < 1.29 is 62.7 Å². The predicted octanol–water partition coefficient (Wildman–Crippen LogP) is 2.32. The number of ether oxygens (including phenoxy) is 5. The van der Waals surface area contributed by atoms with Crippen LogP contribution in [0, 0.1) is 34.5 Å². The van der Waals surface area contributed by atoms with Crippen molar-refractivity contribution in [3.05, 3.63) is 35.9 Å². The van der Waals surface area contributed by atoms with Crippen LogP contribution in [0.2, 0.25) is 0 Å². The molecule has 0 amide bonds. The molecule has 0 radical (unpaired) electrons. The van der Waals surface area contributed by atoms with Gasteiger partial charge in [-0.05, 0) is 36.8 Å². The van der Waals surface area contributed by atoms with E-state index >= 15 is 0 Å². The van der Waals surface area contributed by atoms with Gasteiger partial charge >= 0.3 is 29.8 Å². The monoisotopic (exact) mass is 672 g/mol. The Kier molecular flexibility index (Phi) is 9.05. The van der Waals surface area contributed by atoms with E-state index in [1.165, 1.54) is 12.1 Å². The summed E-state index contributed by atoms with van der Waals surface area (Å²) in [4.78, 5) is 79.8. The molecule has 11 atom stereocenters. The standard InChI is InChI=1S/C35H44O13/c1-17-13-34(43)25(26(17)47-29(42)21-11-9-8-10-12-21)28(46-24(40)16-36)35(48-20(4)39)14-22-23(15-32(5,6)27(22)41)33(7,30(34)44-18(2)37)31(35)45-19(3)38/h8-12,17,22-23,25-26,28,30-31,36,43H,13-16H2,1-7H3/t17-,22+,23-,25+,26-,28+,30+,31?,33+,34+,35+/m0/s1. The molecule has 262 valence electrons. The number of ketones is 1. The maximum atomic E-state index is 14.1. The van der Waals surface area contributed by atoms with Crippen molar-refractivity contribution in [2.45, 2.75) is 103 Å². The molecule has 4 fully saturated rings. The average Bonchev–Trinajstić information content (AvgIpc) is 3.38. The van der Waals surface area contributed by atoms with Gasteiger partial charge in [-0.1, -0.05) is 45.9 Å². The van der Waals surface area contributed by atoms with Crippen LogP contribution in [0.3, 0.4) is 0 Å². The molecule has 13 heteroatoms. The highest BCUT2D eigenvalue weighted by Crippen LogP contribution is 2.69. The summed E-state index contributed by atoms with van der Waals surface area (Å²) in [6, 6.07) is 8.06. The van der Waals surface area contributed by atoms with Gasteiger partial charge in [0.1, 0.15) is 30.2 Å². The first-order chi connectivity index (χ1) is 22.3. The van der Waals surface area contributed by atoms with Gasteiger partial charge in [0.25, 0.3) is 0 Å². The Labute approximate surface area is 278 Å². The molecule has 2 N–H and O–H groups in total. The molecule has 0 aliphatic heterocycles. The smallest absolute Gasteiger partial charge is 0.338 e. The number of Topliss-reactive ketones (excluding diaryl/α,β-unsaturated/α-hetero) is 1. The summed E-state index contributed by atoms with van der Waals surface area (Å²) < 4.78 is 30.3. The molecule has 1 aromatic rings. The number of aliphatic hydroxyl groups excluding tert-OH is 1. The zero-order chi connectivity index (χ0) is 35.6. The number of benzene rings is 1. The quantitative estimate of drug-likeness (QED) is 0.318. The highest BCUT2D eigenvalue weighted by molar-refractivity contribution is 5.90. The van der Waals surface area contributed by atoms with Crippen molar-refractivity contribution in [2.75, 3.05) is 6.61 Å². The fourth-order valence-corrected chi connectivity index (χ4v) is 9.62. The Morgan fingerprint density at radius 2 is 1.44 bits per heavy atom. The van der Waals surface area contributed by atoms with Crippen molar-refractivity contribution in [1.29, 1.82) is 0 Å². The molecule has 4 aliphatic carbocycles. The van der Waals surface area contributed by atoms with E-state index in [2.05, 4.69) is 0 Å². The first-order valence-electron chi connectivity index (χ1n) is 16.2. The second-order valence-electron chi connectivity index (χ2n) is 14.8. The Hall–Kier alpha value is -3.84. The van der Waals surface area contributed by atoms with Crippen LogP contribution >= 0.6 is 0 Å². The summed E-state index contributed by atoms with van der Waals surface area (Å²) in [7, 11) is 0. The molecule has 1 unspecified atom stereocenters. The Morgan fingerprint density at radius 3 is 2.00 bits per heavy atom. The van der Waals surface area contributed by atoms with E-state index < -0.39 is 107 Å². The summed E-state index contributed by atoms with van der Waals surface area (Å²) >= 11 is 0. The minimum atomic E-state index is -2.18. The van der Waals surface area contributed by atoms with Crippen LogP contribution in [-0.2, 0) is 47.7 Å². The van der Waals surface area contributed by atoms with Crippen molar-refractivity contribution in [2.24, 2.45) is 34.5 Å². The Balaban J connectivity index is 1.86. The van der Waals surface area contributed by atoms with Gasteiger partial charge < -0.3 is 33.9 Å². The third kappa shape index (κ3) is 5.48. The van der Waals surface area contributed by atoms with Crippen LogP contribution in [-0.4, -0.2) is 88.1 Å². The SMILES string of the molecule is CC(=O)OC1[C@]2(C)[C@H]3CC(C)(C)C(=O)[C@@H]3C[C@@]1(OC(C)=O)[C@H](OC(=O)CO)[C@H]1[C@@H](OC(=O)c3ccccc3)[C@@H](C)C[C@]1(O)[C@@H]2OC(C)=O. The van der Waals surface area contributed by atoms with Crippen molar-refractivity contribution in [3.63, 3.8) is 0 Å². The lowest BCUT2D eigenvalue weighted by atomic mass is 9.53. The summed E-state index contributed by atoms with van der Waals surface area (Å²) in [5.74, 6) is -8.37. The van der Waals surface area contributed by atoms with Gasteiger partial charge in [-0.2, -0.15) is 0 Å². The van der Waals surface area contributed by atoms with Gasteiger partial charge in [-0.15, -0.1) is 0 Å². The molecule has 0 heterocycles. The fraction of sp³-hybridized carbons (Fsp3) is 0.657. The number of esters is 5. The van der Waals surface area contributed by atoms with Crippen molar-refractivity contribution in [3.8, 4) is 0 Å². The van der Waals surface area contributed by atoms with Crippen LogP contribution < -0.4 is 0 Å². The summed E-state index contributed by atoms with van der Waals surface area (Å²) in [6.45, 7) is 9.09. The number of carbonyl (C=O) groups is 6. The largest absolute Gasteiger partial charge is 0.459 e. The maximum Gasteiger partial charge on any atom is 0.338 e. The average molecular weight is 673 g/mol. The molecule has 0 saturated heterocycles. The van der Waals surface area contributed by atoms with Gasteiger partial charge in [0.15, 0.2) is 17.8 Å². The van der Waals surface area contributed by atoms with Crippen LogP contribution in [0.5, 0.6) is 0 Å². The van der Waals surface area contributed by atoms with E-state index in [-0.39, 0.29) is 30.6 Å². The Morgan fingerprint density at radius 1 is 0.833 bits per heavy atom. The molecule has 0 spiro atoms. The lowest BCUT2D eigenvalue weighted by Crippen LogP contribution is -2.70. The number of hydrogen-bond donors (Lipinski definition) is 2. The summed E-state index contributed by atoms with van der Waals surface area (Å²) in [6.07, 6.45) is -6.36. The van der Waals surface area contributed by atoms with E-state index in [0.717, 1.165) is 20.8 Å². The number of hydrogen-bond acceptors (Lipinski definition) is 13. The van der Waals surface area contributed by atoms with Gasteiger partial charge in [-0.3, -0.25) is 19.2 Å². The van der Waals surface area contributed by atoms with E-state index in [1.807, 2.05) is 0 Å². The normalized spacial score (nSPS) is 39.2. The molecule has 5 rings (SSSR count). The van der Waals surface area contributed by atoms with Crippen molar-refractivity contribution >= 4 is 35.6 Å². The van der Waals surface area contributed by atoms with E-state index in [0.29, 0.717) is 0 Å². The number of rotatable bonds is 7. The topological polar surface area (TPSA) is 189 Å². The van der Waals surface area contributed by atoms with Gasteiger partial charge in [0.2, 0.25) is 0 Å². The van der Waals surface area contributed by atoms with Crippen LogP contribution in [0.4, 0.5) is 0 Å². The van der Waals surface area contributed by atoms with Crippen LogP contribution in [0.25, 0.3) is 0 Å². The molecule has 1 aromatic carbocycles. The Bertz CT molecular complexity index is 1500. The maximum absolute atomic E-state index is 14.1. The minimum absolute atomic E-state index is 0.164.